The molecule has 0 bridgehead atoms. The molecule has 222 valence electrons. The number of fused-ring (bicyclic) bond motifs is 5. The third-order valence-electron chi connectivity index (χ3n) is 8.65. The van der Waals surface area contributed by atoms with E-state index in [-0.39, 0.29) is 24.4 Å². The predicted octanol–water partition coefficient (Wildman–Crippen LogP) is 4.64. The standard InChI is InChI=1S/C33H35FN5O3P/c1-6-20-14-35-15-21(7-2)28(20)39-29-23(32(36-33(39)41)38-12-11-37(16-19(38)5)25(40)8-3)13-18(4)26-27-22(17-42-30(26)29)9-10-24(34)31(27)43/h8-10,13-15,19H,3,6-7,11-12,16-17,43H2,1-2,4-5H3/t19-/m0/s1. The largest absolute Gasteiger partial charge is 0.486 e. The minimum absolute atomic E-state index is 0.104. The topological polar surface area (TPSA) is 80.6 Å². The number of anilines is 1. The van der Waals surface area contributed by atoms with Crippen molar-refractivity contribution in [2.75, 3.05) is 24.5 Å². The monoisotopic (exact) mass is 599 g/mol. The molecule has 2 aromatic carbocycles. The van der Waals surface area contributed by atoms with Crippen LogP contribution >= 0.6 is 9.24 Å². The fourth-order valence-electron chi connectivity index (χ4n) is 6.50. The maximum atomic E-state index is 14.9. The molecule has 0 N–H and O–H groups in total. The lowest BCUT2D eigenvalue weighted by Crippen LogP contribution is -2.54. The van der Waals surface area contributed by atoms with Crippen LogP contribution < -0.4 is 20.6 Å². The summed E-state index contributed by atoms with van der Waals surface area (Å²) in [6.07, 6.45) is 6.26. The fourth-order valence-corrected chi connectivity index (χ4v) is 6.93. The molecule has 10 heteroatoms. The summed E-state index contributed by atoms with van der Waals surface area (Å²) in [5.74, 6) is 0.645. The Morgan fingerprint density at radius 1 is 1.19 bits per heavy atom. The van der Waals surface area contributed by atoms with Gasteiger partial charge < -0.3 is 14.5 Å². The second kappa shape index (κ2) is 11.2. The van der Waals surface area contributed by atoms with E-state index in [0.29, 0.717) is 54.9 Å². The van der Waals surface area contributed by atoms with Gasteiger partial charge in [-0.1, -0.05) is 26.5 Å². The smallest absolute Gasteiger partial charge is 0.354 e. The highest BCUT2D eigenvalue weighted by atomic mass is 31.0. The van der Waals surface area contributed by atoms with E-state index in [2.05, 4.69) is 25.7 Å². The van der Waals surface area contributed by atoms with Gasteiger partial charge >= 0.3 is 5.69 Å². The first-order chi connectivity index (χ1) is 20.7. The summed E-state index contributed by atoms with van der Waals surface area (Å²) in [7, 11) is 2.55. The summed E-state index contributed by atoms with van der Waals surface area (Å²) in [5, 5.41) is 1.23. The summed E-state index contributed by atoms with van der Waals surface area (Å²) in [5.41, 5.74) is 6.08. The van der Waals surface area contributed by atoms with Crippen LogP contribution in [0.3, 0.4) is 0 Å². The van der Waals surface area contributed by atoms with Crippen molar-refractivity contribution in [3.8, 4) is 22.6 Å². The number of rotatable bonds is 5. The quantitative estimate of drug-likeness (QED) is 0.246. The Kier molecular flexibility index (Phi) is 7.55. The molecule has 2 atom stereocenters. The van der Waals surface area contributed by atoms with E-state index in [1.807, 2.05) is 33.8 Å². The van der Waals surface area contributed by atoms with E-state index in [0.717, 1.165) is 44.5 Å². The average Bonchev–Trinajstić information content (AvgIpc) is 3.01. The molecule has 8 nitrogen and oxygen atoms in total. The molecule has 2 aliphatic heterocycles. The molecule has 1 unspecified atom stereocenters. The third-order valence-corrected chi connectivity index (χ3v) is 9.22. The summed E-state index contributed by atoms with van der Waals surface area (Å²) in [6.45, 7) is 13.4. The summed E-state index contributed by atoms with van der Waals surface area (Å²) in [6, 6.07) is 5.15. The predicted molar refractivity (Wildman–Crippen MR) is 171 cm³/mol. The van der Waals surface area contributed by atoms with Crippen LogP contribution in [-0.4, -0.2) is 51.0 Å². The van der Waals surface area contributed by atoms with Crippen LogP contribution in [0.4, 0.5) is 10.2 Å². The maximum absolute atomic E-state index is 14.9. The van der Waals surface area contributed by atoms with Crippen molar-refractivity contribution in [3.05, 3.63) is 81.8 Å². The van der Waals surface area contributed by atoms with Crippen molar-refractivity contribution in [2.45, 2.75) is 53.2 Å². The molecular formula is C33H35FN5O3P. The second-order valence-corrected chi connectivity index (χ2v) is 11.8. The third kappa shape index (κ3) is 4.61. The van der Waals surface area contributed by atoms with Gasteiger partial charge in [0.15, 0.2) is 5.75 Å². The van der Waals surface area contributed by atoms with Gasteiger partial charge in [0.05, 0.1) is 5.69 Å². The lowest BCUT2D eigenvalue weighted by atomic mass is 9.91. The fraction of sp³-hybridized carbons (Fsp3) is 0.333. The van der Waals surface area contributed by atoms with Gasteiger partial charge in [0.2, 0.25) is 5.91 Å². The molecule has 4 heterocycles. The van der Waals surface area contributed by atoms with Gasteiger partial charge in [0.1, 0.15) is 23.8 Å². The SMILES string of the molecule is C=CC(=O)N1CCN(c2nc(=O)n(-c3c(CC)cncc3CC)c3c4c(c(C)cc23)-c2c(ccc(F)c2P)CO4)[C@@H](C)C1. The number of nitrogens with zero attached hydrogens (tertiary/aromatic N) is 5. The van der Waals surface area contributed by atoms with Crippen molar-refractivity contribution >= 4 is 37.2 Å². The Morgan fingerprint density at radius 3 is 2.56 bits per heavy atom. The van der Waals surface area contributed by atoms with Crippen LogP contribution in [0.1, 0.15) is 43.0 Å². The number of benzene rings is 2. The van der Waals surface area contributed by atoms with Crippen molar-refractivity contribution in [1.29, 1.82) is 0 Å². The number of ether oxygens (including phenoxy) is 1. The number of aryl methyl sites for hydroxylation is 3. The van der Waals surface area contributed by atoms with Gasteiger partial charge in [0.25, 0.3) is 0 Å². The van der Waals surface area contributed by atoms with Gasteiger partial charge in [-0.15, -0.1) is 9.24 Å². The molecule has 0 radical (unpaired) electrons. The van der Waals surface area contributed by atoms with E-state index in [4.69, 9.17) is 9.72 Å². The Morgan fingerprint density at radius 2 is 1.91 bits per heavy atom. The number of carbonyl (C=O) groups is 1. The summed E-state index contributed by atoms with van der Waals surface area (Å²) >= 11 is 0. The average molecular weight is 600 g/mol. The van der Waals surface area contributed by atoms with Gasteiger partial charge in [-0.05, 0) is 67.2 Å². The molecular weight excluding hydrogens is 564 g/mol. The molecule has 1 saturated heterocycles. The maximum Gasteiger partial charge on any atom is 0.354 e. The molecule has 4 aromatic rings. The van der Waals surface area contributed by atoms with E-state index in [1.54, 1.807) is 27.9 Å². The number of carbonyl (C=O) groups excluding carboxylic acids is 1. The number of halogens is 1. The minimum atomic E-state index is -0.430. The van der Waals surface area contributed by atoms with Crippen LogP contribution in [0.5, 0.6) is 5.75 Å². The van der Waals surface area contributed by atoms with Gasteiger partial charge in [-0.2, -0.15) is 4.98 Å². The van der Waals surface area contributed by atoms with Crippen molar-refractivity contribution < 1.29 is 13.9 Å². The first kappa shape index (κ1) is 29.0. The number of piperazine rings is 1. The lowest BCUT2D eigenvalue weighted by Gasteiger charge is -2.40. The lowest BCUT2D eigenvalue weighted by molar-refractivity contribution is -0.126. The molecule has 1 amide bonds. The van der Waals surface area contributed by atoms with Gasteiger partial charge in [-0.25, -0.2) is 9.18 Å². The van der Waals surface area contributed by atoms with Gasteiger partial charge in [0, 0.05) is 59.9 Å². The van der Waals surface area contributed by atoms with E-state index < -0.39 is 5.69 Å². The number of hydrogen-bond donors (Lipinski definition) is 0. The number of amides is 1. The Labute approximate surface area is 252 Å². The van der Waals surface area contributed by atoms with Crippen LogP contribution in [0.25, 0.3) is 27.7 Å². The molecule has 2 aromatic heterocycles. The zero-order valence-corrected chi connectivity index (χ0v) is 26.1. The van der Waals surface area contributed by atoms with Crippen LogP contribution in [-0.2, 0) is 24.2 Å². The summed E-state index contributed by atoms with van der Waals surface area (Å²) in [4.78, 5) is 39.7. The van der Waals surface area contributed by atoms with Crippen LogP contribution in [0, 0.1) is 12.7 Å². The van der Waals surface area contributed by atoms with E-state index >= 15 is 0 Å². The highest BCUT2D eigenvalue weighted by Gasteiger charge is 2.33. The molecule has 0 saturated carbocycles. The highest BCUT2D eigenvalue weighted by molar-refractivity contribution is 7.28. The Balaban J connectivity index is 1.71. The van der Waals surface area contributed by atoms with Crippen LogP contribution in [0.15, 0.2) is 48.0 Å². The number of hydrogen-bond acceptors (Lipinski definition) is 6. The molecule has 2 aliphatic rings. The second-order valence-electron chi connectivity index (χ2n) is 11.2. The zero-order chi connectivity index (χ0) is 30.6. The molecule has 1 fully saturated rings. The molecule has 43 heavy (non-hydrogen) atoms. The number of pyridine rings is 1. The summed E-state index contributed by atoms with van der Waals surface area (Å²) < 4.78 is 23.1. The Hall–Kier alpha value is -4.10. The first-order valence-electron chi connectivity index (χ1n) is 14.6. The van der Waals surface area contributed by atoms with Crippen molar-refractivity contribution in [1.82, 2.24) is 19.4 Å². The first-order valence-corrected chi connectivity index (χ1v) is 15.2. The van der Waals surface area contributed by atoms with Crippen LogP contribution in [0.2, 0.25) is 0 Å². The zero-order valence-electron chi connectivity index (χ0n) is 24.9. The van der Waals surface area contributed by atoms with E-state index in [9.17, 15) is 14.0 Å². The minimum Gasteiger partial charge on any atom is -0.486 e. The molecule has 6 rings (SSSR count). The van der Waals surface area contributed by atoms with Gasteiger partial charge in [-0.3, -0.25) is 14.3 Å². The Bertz CT molecular complexity index is 1850. The van der Waals surface area contributed by atoms with Crippen molar-refractivity contribution in [3.63, 3.8) is 0 Å². The molecule has 0 aliphatic carbocycles. The number of aromatic nitrogens is 3. The normalized spacial score (nSPS) is 16.1. The highest BCUT2D eigenvalue weighted by Crippen LogP contribution is 2.46. The van der Waals surface area contributed by atoms with E-state index in [1.165, 1.54) is 12.1 Å². The van der Waals surface area contributed by atoms with Crippen molar-refractivity contribution in [2.24, 2.45) is 0 Å². The molecule has 0 spiro atoms.